The van der Waals surface area contributed by atoms with Crippen LogP contribution in [-0.4, -0.2) is 29.4 Å². The van der Waals surface area contributed by atoms with Gasteiger partial charge in [-0.15, -0.1) is 0 Å². The van der Waals surface area contributed by atoms with Gasteiger partial charge < -0.3 is 14.9 Å². The summed E-state index contributed by atoms with van der Waals surface area (Å²) in [7, 11) is 1.10. The van der Waals surface area contributed by atoms with Crippen molar-refractivity contribution in [3.8, 4) is 0 Å². The van der Waals surface area contributed by atoms with Gasteiger partial charge in [-0.1, -0.05) is 15.9 Å². The van der Waals surface area contributed by atoms with Gasteiger partial charge in [0, 0.05) is 4.47 Å². The summed E-state index contributed by atoms with van der Waals surface area (Å²) in [6, 6.07) is 1.90. The maximum absolute atomic E-state index is 13.5. The second kappa shape index (κ2) is 6.21. The first-order chi connectivity index (χ1) is 8.36. The number of halogens is 3. The van der Waals surface area contributed by atoms with Gasteiger partial charge in [0.05, 0.1) is 25.2 Å². The number of carbonyl (C=O) groups excluding carboxylic acids is 1. The molecule has 0 amide bonds. The molecule has 0 saturated carbocycles. The standard InChI is InChI=1S/C11H11BrF2O4/c1-18-9(16)4-8(15)11(17)10-6(13)2-5(12)3-7(10)14/h2-3,8,11,15,17H,4H2,1H3. The van der Waals surface area contributed by atoms with E-state index in [1.165, 1.54) is 0 Å². The lowest BCUT2D eigenvalue weighted by molar-refractivity contribution is -0.144. The number of hydrogen-bond acceptors (Lipinski definition) is 4. The van der Waals surface area contributed by atoms with Gasteiger partial charge in [-0.3, -0.25) is 4.79 Å². The zero-order valence-corrected chi connectivity index (χ0v) is 10.9. The van der Waals surface area contributed by atoms with E-state index in [9.17, 15) is 23.8 Å². The maximum atomic E-state index is 13.5. The first-order valence-corrected chi connectivity index (χ1v) is 5.73. The Labute approximate surface area is 110 Å². The summed E-state index contributed by atoms with van der Waals surface area (Å²) < 4.78 is 31.4. The lowest BCUT2D eigenvalue weighted by Crippen LogP contribution is -2.24. The van der Waals surface area contributed by atoms with E-state index in [0.29, 0.717) is 0 Å². The molecule has 100 valence electrons. The van der Waals surface area contributed by atoms with E-state index >= 15 is 0 Å². The number of aliphatic hydroxyl groups excluding tert-OH is 2. The second-order valence-corrected chi connectivity index (χ2v) is 4.49. The third-order valence-corrected chi connectivity index (χ3v) is 2.77. The fraction of sp³-hybridized carbons (Fsp3) is 0.364. The topological polar surface area (TPSA) is 66.8 Å². The Morgan fingerprint density at radius 2 is 1.89 bits per heavy atom. The lowest BCUT2D eigenvalue weighted by atomic mass is 10.0. The number of aliphatic hydroxyl groups is 2. The van der Waals surface area contributed by atoms with Gasteiger partial charge >= 0.3 is 5.97 Å². The molecular formula is C11H11BrF2O4. The Bertz CT molecular complexity index is 430. The number of methoxy groups -OCH3 is 1. The van der Waals surface area contributed by atoms with Gasteiger partial charge in [0.25, 0.3) is 0 Å². The Morgan fingerprint density at radius 1 is 1.39 bits per heavy atom. The summed E-state index contributed by atoms with van der Waals surface area (Å²) in [6.07, 6.45) is -4.06. The van der Waals surface area contributed by atoms with E-state index in [0.717, 1.165) is 19.2 Å². The third kappa shape index (κ3) is 3.47. The van der Waals surface area contributed by atoms with Crippen LogP contribution in [-0.2, 0) is 9.53 Å². The number of carbonyl (C=O) groups is 1. The molecule has 0 aromatic heterocycles. The van der Waals surface area contributed by atoms with Crippen LogP contribution in [0.15, 0.2) is 16.6 Å². The van der Waals surface area contributed by atoms with Crippen LogP contribution in [0.5, 0.6) is 0 Å². The molecular weight excluding hydrogens is 314 g/mol. The van der Waals surface area contributed by atoms with Crippen LogP contribution in [0.3, 0.4) is 0 Å². The zero-order chi connectivity index (χ0) is 13.9. The van der Waals surface area contributed by atoms with Crippen LogP contribution >= 0.6 is 15.9 Å². The molecule has 2 atom stereocenters. The number of ether oxygens (including phenoxy) is 1. The minimum Gasteiger partial charge on any atom is -0.469 e. The minimum absolute atomic E-state index is 0.163. The SMILES string of the molecule is COC(=O)CC(O)C(O)c1c(F)cc(Br)cc1F. The molecule has 0 radical (unpaired) electrons. The number of hydrogen-bond donors (Lipinski definition) is 2. The molecule has 1 aromatic rings. The van der Waals surface area contributed by atoms with Crippen LogP contribution in [0.25, 0.3) is 0 Å². The molecule has 0 fully saturated rings. The van der Waals surface area contributed by atoms with Crippen molar-refractivity contribution in [3.05, 3.63) is 33.8 Å². The molecule has 0 heterocycles. The van der Waals surface area contributed by atoms with Crippen molar-refractivity contribution < 1.29 is 28.5 Å². The molecule has 0 aliphatic heterocycles. The van der Waals surface area contributed by atoms with Crippen LogP contribution < -0.4 is 0 Å². The Hall–Kier alpha value is -1.05. The van der Waals surface area contributed by atoms with Gasteiger partial charge in [-0.2, -0.15) is 0 Å². The van der Waals surface area contributed by atoms with Gasteiger partial charge in [0.2, 0.25) is 0 Å². The third-order valence-electron chi connectivity index (χ3n) is 2.31. The average Bonchev–Trinajstić information content (AvgIpc) is 2.27. The molecule has 0 aliphatic carbocycles. The highest BCUT2D eigenvalue weighted by Gasteiger charge is 2.27. The molecule has 0 saturated heterocycles. The molecule has 0 bridgehead atoms. The number of rotatable bonds is 4. The molecule has 18 heavy (non-hydrogen) atoms. The fourth-order valence-electron chi connectivity index (χ4n) is 1.39. The van der Waals surface area contributed by atoms with Crippen LogP contribution in [0.2, 0.25) is 0 Å². The van der Waals surface area contributed by atoms with E-state index in [4.69, 9.17) is 0 Å². The number of esters is 1. The predicted molar refractivity (Wildman–Crippen MR) is 61.7 cm³/mol. The average molecular weight is 325 g/mol. The van der Waals surface area contributed by atoms with Gasteiger partial charge in [-0.25, -0.2) is 8.78 Å². The Morgan fingerprint density at radius 3 is 2.33 bits per heavy atom. The van der Waals surface area contributed by atoms with Crippen molar-refractivity contribution in [2.24, 2.45) is 0 Å². The molecule has 1 rings (SSSR count). The summed E-state index contributed by atoms with van der Waals surface area (Å²) in [6.45, 7) is 0. The molecule has 7 heteroatoms. The first kappa shape index (κ1) is 15.0. The minimum atomic E-state index is -1.85. The van der Waals surface area contributed by atoms with Crippen molar-refractivity contribution in [2.75, 3.05) is 7.11 Å². The van der Waals surface area contributed by atoms with Crippen LogP contribution in [0.1, 0.15) is 18.1 Å². The van der Waals surface area contributed by atoms with Crippen molar-refractivity contribution >= 4 is 21.9 Å². The summed E-state index contributed by atoms with van der Waals surface area (Å²) in [5.41, 5.74) is -0.686. The molecule has 1 aromatic carbocycles. The first-order valence-electron chi connectivity index (χ1n) is 4.94. The summed E-state index contributed by atoms with van der Waals surface area (Å²) >= 11 is 2.89. The summed E-state index contributed by atoms with van der Waals surface area (Å²) in [5.74, 6) is -2.82. The summed E-state index contributed by atoms with van der Waals surface area (Å²) in [5, 5.41) is 19.1. The largest absolute Gasteiger partial charge is 0.469 e. The smallest absolute Gasteiger partial charge is 0.308 e. The van der Waals surface area contributed by atoms with Gasteiger partial charge in [0.1, 0.15) is 17.7 Å². The van der Waals surface area contributed by atoms with Crippen molar-refractivity contribution in [2.45, 2.75) is 18.6 Å². The van der Waals surface area contributed by atoms with E-state index in [1.54, 1.807) is 0 Å². The maximum Gasteiger partial charge on any atom is 0.308 e. The quantitative estimate of drug-likeness (QED) is 0.827. The highest BCUT2D eigenvalue weighted by molar-refractivity contribution is 9.10. The molecule has 4 nitrogen and oxygen atoms in total. The molecule has 0 spiro atoms. The van der Waals surface area contributed by atoms with Crippen LogP contribution in [0.4, 0.5) is 8.78 Å². The van der Waals surface area contributed by atoms with Crippen molar-refractivity contribution in [1.82, 2.24) is 0 Å². The van der Waals surface area contributed by atoms with E-state index in [-0.39, 0.29) is 4.47 Å². The normalized spacial score (nSPS) is 14.1. The van der Waals surface area contributed by atoms with E-state index < -0.39 is 41.8 Å². The second-order valence-electron chi connectivity index (χ2n) is 3.58. The molecule has 2 N–H and O–H groups in total. The lowest BCUT2D eigenvalue weighted by Gasteiger charge is -2.18. The Balaban J connectivity index is 2.96. The van der Waals surface area contributed by atoms with Crippen LogP contribution in [0, 0.1) is 11.6 Å². The summed E-state index contributed by atoms with van der Waals surface area (Å²) in [4.78, 5) is 10.9. The van der Waals surface area contributed by atoms with E-state index in [1.807, 2.05) is 0 Å². The zero-order valence-electron chi connectivity index (χ0n) is 9.36. The van der Waals surface area contributed by atoms with Gasteiger partial charge in [0.15, 0.2) is 0 Å². The Kier molecular flexibility index (Phi) is 5.18. The van der Waals surface area contributed by atoms with E-state index in [2.05, 4.69) is 20.7 Å². The number of benzene rings is 1. The van der Waals surface area contributed by atoms with Crippen molar-refractivity contribution in [1.29, 1.82) is 0 Å². The van der Waals surface area contributed by atoms with Gasteiger partial charge in [-0.05, 0) is 12.1 Å². The molecule has 2 unspecified atom stereocenters. The predicted octanol–water partition coefficient (Wildman–Crippen LogP) is 1.68. The fourth-order valence-corrected chi connectivity index (χ4v) is 1.80. The highest BCUT2D eigenvalue weighted by atomic mass is 79.9. The molecule has 0 aliphatic rings. The highest BCUT2D eigenvalue weighted by Crippen LogP contribution is 2.27. The monoisotopic (exact) mass is 324 g/mol. The van der Waals surface area contributed by atoms with Crippen molar-refractivity contribution in [3.63, 3.8) is 0 Å².